The molecule has 0 amide bonds. The lowest BCUT2D eigenvalue weighted by Gasteiger charge is -2.24. The number of methoxy groups -OCH3 is 2. The molecular formula is C21H32N4O2S. The SMILES string of the molecule is CCNC(=NCC(c1ccc(OC)c(OC)c1)N(C)C)NCCc1cccs1. The van der Waals surface area contributed by atoms with Crippen molar-refractivity contribution >= 4 is 17.3 Å². The fraction of sp³-hybridized carbons (Fsp3) is 0.476. The number of aliphatic imine (C=N–C) groups is 1. The van der Waals surface area contributed by atoms with Gasteiger partial charge in [0, 0.05) is 18.0 Å². The first kappa shape index (κ1) is 22.0. The normalized spacial score (nSPS) is 12.7. The highest BCUT2D eigenvalue weighted by atomic mass is 32.1. The Kier molecular flexibility index (Phi) is 9.10. The van der Waals surface area contributed by atoms with E-state index in [4.69, 9.17) is 14.5 Å². The number of hydrogen-bond donors (Lipinski definition) is 2. The molecule has 154 valence electrons. The summed E-state index contributed by atoms with van der Waals surface area (Å²) >= 11 is 1.78. The Bertz CT molecular complexity index is 732. The maximum Gasteiger partial charge on any atom is 0.191 e. The van der Waals surface area contributed by atoms with Crippen LogP contribution in [0, 0.1) is 0 Å². The highest BCUT2D eigenvalue weighted by Gasteiger charge is 2.16. The van der Waals surface area contributed by atoms with E-state index >= 15 is 0 Å². The molecule has 0 aliphatic rings. The van der Waals surface area contributed by atoms with Gasteiger partial charge in [0.15, 0.2) is 17.5 Å². The van der Waals surface area contributed by atoms with Gasteiger partial charge >= 0.3 is 0 Å². The van der Waals surface area contributed by atoms with Crippen molar-refractivity contribution in [3.05, 3.63) is 46.2 Å². The lowest BCUT2D eigenvalue weighted by Crippen LogP contribution is -2.39. The Hall–Kier alpha value is -2.25. The van der Waals surface area contributed by atoms with Crippen LogP contribution in [0.1, 0.15) is 23.4 Å². The summed E-state index contributed by atoms with van der Waals surface area (Å²) < 4.78 is 10.8. The summed E-state index contributed by atoms with van der Waals surface area (Å²) in [6.07, 6.45) is 0.995. The van der Waals surface area contributed by atoms with E-state index in [9.17, 15) is 0 Å². The zero-order valence-corrected chi connectivity index (χ0v) is 18.3. The molecule has 2 N–H and O–H groups in total. The Labute approximate surface area is 172 Å². The molecule has 28 heavy (non-hydrogen) atoms. The van der Waals surface area contributed by atoms with Gasteiger partial charge in [-0.15, -0.1) is 11.3 Å². The molecule has 0 saturated heterocycles. The van der Waals surface area contributed by atoms with E-state index in [2.05, 4.69) is 60.1 Å². The van der Waals surface area contributed by atoms with Crippen LogP contribution in [0.4, 0.5) is 0 Å². The number of hydrogen-bond acceptors (Lipinski definition) is 5. The molecule has 2 aromatic rings. The Balaban J connectivity index is 2.07. The van der Waals surface area contributed by atoms with Crippen molar-refractivity contribution in [3.8, 4) is 11.5 Å². The molecule has 1 aromatic heterocycles. The Morgan fingerprint density at radius 3 is 2.54 bits per heavy atom. The van der Waals surface area contributed by atoms with Gasteiger partial charge in [0.25, 0.3) is 0 Å². The van der Waals surface area contributed by atoms with Gasteiger partial charge in [-0.3, -0.25) is 4.99 Å². The fourth-order valence-electron chi connectivity index (χ4n) is 2.91. The molecule has 0 fully saturated rings. The van der Waals surface area contributed by atoms with Crippen LogP contribution in [0.25, 0.3) is 0 Å². The van der Waals surface area contributed by atoms with E-state index in [1.807, 2.05) is 12.1 Å². The summed E-state index contributed by atoms with van der Waals surface area (Å²) in [5.41, 5.74) is 1.14. The minimum absolute atomic E-state index is 0.132. The van der Waals surface area contributed by atoms with Crippen molar-refractivity contribution in [2.24, 2.45) is 4.99 Å². The zero-order valence-electron chi connectivity index (χ0n) is 17.5. The molecule has 0 saturated carbocycles. The van der Waals surface area contributed by atoms with Gasteiger partial charge in [0.2, 0.25) is 0 Å². The largest absolute Gasteiger partial charge is 0.493 e. The number of likely N-dealkylation sites (N-methyl/N-ethyl adjacent to an activating group) is 1. The van der Waals surface area contributed by atoms with Gasteiger partial charge in [-0.2, -0.15) is 0 Å². The molecule has 0 aliphatic heterocycles. The van der Waals surface area contributed by atoms with E-state index in [0.29, 0.717) is 6.54 Å². The van der Waals surface area contributed by atoms with Gasteiger partial charge in [0.05, 0.1) is 26.8 Å². The first-order valence-electron chi connectivity index (χ1n) is 9.52. The summed E-state index contributed by atoms with van der Waals surface area (Å²) in [7, 11) is 7.43. The summed E-state index contributed by atoms with van der Waals surface area (Å²) in [6.45, 7) is 4.40. The molecule has 1 unspecified atom stereocenters. The number of rotatable bonds is 10. The lowest BCUT2D eigenvalue weighted by atomic mass is 10.1. The van der Waals surface area contributed by atoms with E-state index in [0.717, 1.165) is 42.5 Å². The van der Waals surface area contributed by atoms with Crippen molar-refractivity contribution < 1.29 is 9.47 Å². The van der Waals surface area contributed by atoms with Crippen molar-refractivity contribution in [3.63, 3.8) is 0 Å². The minimum Gasteiger partial charge on any atom is -0.493 e. The monoisotopic (exact) mass is 404 g/mol. The molecular weight excluding hydrogens is 372 g/mol. The molecule has 0 spiro atoms. The molecule has 2 rings (SSSR count). The van der Waals surface area contributed by atoms with Gasteiger partial charge in [0.1, 0.15) is 0 Å². The highest BCUT2D eigenvalue weighted by Crippen LogP contribution is 2.31. The maximum absolute atomic E-state index is 5.46. The Morgan fingerprint density at radius 2 is 1.93 bits per heavy atom. The van der Waals surface area contributed by atoms with E-state index in [1.165, 1.54) is 4.88 Å². The smallest absolute Gasteiger partial charge is 0.191 e. The number of guanidine groups is 1. The lowest BCUT2D eigenvalue weighted by molar-refractivity contribution is 0.303. The van der Waals surface area contributed by atoms with Crippen LogP contribution >= 0.6 is 11.3 Å². The summed E-state index contributed by atoms with van der Waals surface area (Å²) in [5.74, 6) is 2.30. The second-order valence-corrected chi connectivity index (χ2v) is 7.60. The van der Waals surface area contributed by atoms with Crippen molar-refractivity contribution in [1.29, 1.82) is 0 Å². The third-order valence-electron chi connectivity index (χ3n) is 4.43. The van der Waals surface area contributed by atoms with Crippen molar-refractivity contribution in [1.82, 2.24) is 15.5 Å². The van der Waals surface area contributed by atoms with Crippen LogP contribution in [0.15, 0.2) is 40.7 Å². The third kappa shape index (κ3) is 6.42. The maximum atomic E-state index is 5.46. The molecule has 1 atom stereocenters. The number of nitrogens with one attached hydrogen (secondary N) is 2. The summed E-state index contributed by atoms with van der Waals surface area (Å²) in [6, 6.07) is 10.4. The predicted octanol–water partition coefficient (Wildman–Crippen LogP) is 3.17. The van der Waals surface area contributed by atoms with E-state index in [1.54, 1.807) is 25.6 Å². The highest BCUT2D eigenvalue weighted by molar-refractivity contribution is 7.09. The average Bonchev–Trinajstić information content (AvgIpc) is 3.21. The number of ether oxygens (including phenoxy) is 2. The van der Waals surface area contributed by atoms with Gasteiger partial charge < -0.3 is 25.0 Å². The average molecular weight is 405 g/mol. The van der Waals surface area contributed by atoms with E-state index < -0.39 is 0 Å². The first-order chi connectivity index (χ1) is 13.6. The number of benzene rings is 1. The molecule has 7 heteroatoms. The van der Waals surface area contributed by atoms with Crippen LogP contribution < -0.4 is 20.1 Å². The second-order valence-electron chi connectivity index (χ2n) is 6.57. The number of thiophene rings is 1. The standard InChI is InChI=1S/C21H32N4O2S/c1-6-22-21(23-12-11-17-8-7-13-28-17)24-15-18(25(2)3)16-9-10-19(26-4)20(14-16)27-5/h7-10,13-14,18H,6,11-12,15H2,1-5H3,(H2,22,23,24). The van der Waals surface area contributed by atoms with Crippen LogP contribution in [-0.4, -0.2) is 58.8 Å². The zero-order chi connectivity index (χ0) is 20.4. The molecule has 1 aromatic carbocycles. The minimum atomic E-state index is 0.132. The second kappa shape index (κ2) is 11.6. The summed E-state index contributed by atoms with van der Waals surface area (Å²) in [5, 5.41) is 8.87. The number of nitrogens with zero attached hydrogens (tertiary/aromatic N) is 2. The molecule has 0 bridgehead atoms. The van der Waals surface area contributed by atoms with Crippen molar-refractivity contribution in [2.75, 3.05) is 47.9 Å². The molecule has 6 nitrogen and oxygen atoms in total. The fourth-order valence-corrected chi connectivity index (χ4v) is 3.61. The van der Waals surface area contributed by atoms with Crippen LogP contribution in [0.2, 0.25) is 0 Å². The van der Waals surface area contributed by atoms with Crippen LogP contribution in [0.3, 0.4) is 0 Å². The van der Waals surface area contributed by atoms with Gasteiger partial charge in [-0.1, -0.05) is 12.1 Å². The molecule has 0 aliphatic carbocycles. The van der Waals surface area contributed by atoms with Gasteiger partial charge in [-0.25, -0.2) is 0 Å². The summed E-state index contributed by atoms with van der Waals surface area (Å²) in [4.78, 5) is 8.35. The first-order valence-corrected chi connectivity index (χ1v) is 10.4. The van der Waals surface area contributed by atoms with Crippen LogP contribution in [0.5, 0.6) is 11.5 Å². The quantitative estimate of drug-likeness (QED) is 0.471. The Morgan fingerprint density at radius 1 is 1.14 bits per heavy atom. The van der Waals surface area contributed by atoms with Gasteiger partial charge in [-0.05, 0) is 56.6 Å². The topological polar surface area (TPSA) is 58.1 Å². The molecule has 1 heterocycles. The third-order valence-corrected chi connectivity index (χ3v) is 5.36. The van der Waals surface area contributed by atoms with Crippen LogP contribution in [-0.2, 0) is 6.42 Å². The molecule has 0 radical (unpaired) electrons. The predicted molar refractivity (Wildman–Crippen MR) is 118 cm³/mol. The van der Waals surface area contributed by atoms with Crippen molar-refractivity contribution in [2.45, 2.75) is 19.4 Å². The van der Waals surface area contributed by atoms with E-state index in [-0.39, 0.29) is 6.04 Å².